The minimum atomic E-state index is -0.276. The summed E-state index contributed by atoms with van der Waals surface area (Å²) >= 11 is 1.39. The fourth-order valence-corrected chi connectivity index (χ4v) is 3.19. The van der Waals surface area contributed by atoms with Crippen LogP contribution in [0, 0.1) is 0 Å². The molecule has 1 aromatic carbocycles. The third-order valence-corrected chi connectivity index (χ3v) is 4.73. The van der Waals surface area contributed by atoms with Gasteiger partial charge >= 0.3 is 0 Å². The van der Waals surface area contributed by atoms with Gasteiger partial charge in [0.2, 0.25) is 5.91 Å². The Morgan fingerprint density at radius 1 is 1.24 bits per heavy atom. The molecule has 2 rings (SSSR count). The maximum atomic E-state index is 12.4. The van der Waals surface area contributed by atoms with Crippen molar-refractivity contribution in [2.75, 3.05) is 14.2 Å². The van der Waals surface area contributed by atoms with Gasteiger partial charge in [-0.15, -0.1) is 10.2 Å². The van der Waals surface area contributed by atoms with Crippen molar-refractivity contribution in [1.82, 2.24) is 20.1 Å². The van der Waals surface area contributed by atoms with Gasteiger partial charge in [0, 0.05) is 12.6 Å². The summed E-state index contributed by atoms with van der Waals surface area (Å²) in [5.41, 5.74) is 0.938. The number of carbonyl (C=O) groups is 1. The molecule has 7 nitrogen and oxygen atoms in total. The number of benzene rings is 1. The number of amides is 1. The van der Waals surface area contributed by atoms with E-state index in [-0.39, 0.29) is 17.2 Å². The smallest absolute Gasteiger partial charge is 0.233 e. The molecule has 0 unspecified atom stereocenters. The van der Waals surface area contributed by atoms with Crippen molar-refractivity contribution < 1.29 is 14.3 Å². The molecule has 0 aliphatic heterocycles. The van der Waals surface area contributed by atoms with Crippen LogP contribution in [-0.4, -0.2) is 40.1 Å². The minimum absolute atomic E-state index is 0.0573. The van der Waals surface area contributed by atoms with Crippen LogP contribution in [0.2, 0.25) is 0 Å². The zero-order chi connectivity index (χ0) is 18.4. The van der Waals surface area contributed by atoms with Gasteiger partial charge in [-0.2, -0.15) is 0 Å². The number of carbonyl (C=O) groups excluding carboxylic acids is 1. The average molecular weight is 364 g/mol. The topological polar surface area (TPSA) is 78.3 Å². The third kappa shape index (κ3) is 4.88. The molecular formula is C17H24N4O3S. The van der Waals surface area contributed by atoms with Crippen LogP contribution in [0.4, 0.5) is 0 Å². The predicted molar refractivity (Wildman–Crippen MR) is 97.1 cm³/mol. The first-order valence-electron chi connectivity index (χ1n) is 8.01. The molecule has 0 spiro atoms. The van der Waals surface area contributed by atoms with E-state index in [1.54, 1.807) is 20.5 Å². The summed E-state index contributed by atoms with van der Waals surface area (Å²) in [6.07, 6.45) is 1.68. The Morgan fingerprint density at radius 3 is 2.60 bits per heavy atom. The summed E-state index contributed by atoms with van der Waals surface area (Å²) in [6, 6.07) is 5.82. The van der Waals surface area contributed by atoms with Crippen LogP contribution in [0.3, 0.4) is 0 Å². The SMILES string of the molecule is COc1ccc(CNC(=O)[C@H](C)Sc2nncn2C(C)C)cc1OC. The molecule has 0 bridgehead atoms. The molecule has 1 N–H and O–H groups in total. The van der Waals surface area contributed by atoms with E-state index in [0.29, 0.717) is 18.0 Å². The van der Waals surface area contributed by atoms with Crippen molar-refractivity contribution in [3.05, 3.63) is 30.1 Å². The van der Waals surface area contributed by atoms with E-state index in [1.165, 1.54) is 11.8 Å². The number of aromatic nitrogens is 3. The summed E-state index contributed by atoms with van der Waals surface area (Å²) < 4.78 is 12.4. The van der Waals surface area contributed by atoms with Crippen molar-refractivity contribution in [2.24, 2.45) is 0 Å². The second kappa shape index (κ2) is 8.75. The van der Waals surface area contributed by atoms with E-state index in [1.807, 2.05) is 29.7 Å². The first-order valence-corrected chi connectivity index (χ1v) is 8.89. The Hall–Kier alpha value is -2.22. The Labute approximate surface area is 152 Å². The fourth-order valence-electron chi connectivity index (χ4n) is 2.21. The van der Waals surface area contributed by atoms with Crippen LogP contribution < -0.4 is 14.8 Å². The molecule has 1 aromatic heterocycles. The van der Waals surface area contributed by atoms with Crippen molar-refractivity contribution in [3.63, 3.8) is 0 Å². The van der Waals surface area contributed by atoms with E-state index in [9.17, 15) is 4.79 Å². The van der Waals surface area contributed by atoms with Crippen LogP contribution >= 0.6 is 11.8 Å². The number of ether oxygens (including phenoxy) is 2. The molecule has 136 valence electrons. The van der Waals surface area contributed by atoms with Gasteiger partial charge in [0.05, 0.1) is 19.5 Å². The van der Waals surface area contributed by atoms with E-state index in [4.69, 9.17) is 9.47 Å². The summed E-state index contributed by atoms with van der Waals surface area (Å²) in [4.78, 5) is 12.4. The first kappa shape index (κ1) is 19.1. The van der Waals surface area contributed by atoms with Gasteiger partial charge in [0.25, 0.3) is 0 Å². The van der Waals surface area contributed by atoms with Gasteiger partial charge in [-0.05, 0) is 38.5 Å². The lowest BCUT2D eigenvalue weighted by atomic mass is 10.2. The molecule has 25 heavy (non-hydrogen) atoms. The van der Waals surface area contributed by atoms with E-state index in [2.05, 4.69) is 29.4 Å². The maximum Gasteiger partial charge on any atom is 0.233 e. The second-order valence-electron chi connectivity index (χ2n) is 5.78. The maximum absolute atomic E-state index is 12.4. The Balaban J connectivity index is 1.94. The van der Waals surface area contributed by atoms with Crippen LogP contribution in [0.15, 0.2) is 29.7 Å². The summed E-state index contributed by atoms with van der Waals surface area (Å²) in [5, 5.41) is 11.4. The number of nitrogens with one attached hydrogen (secondary N) is 1. The quantitative estimate of drug-likeness (QED) is 0.726. The van der Waals surface area contributed by atoms with Crippen molar-refractivity contribution in [1.29, 1.82) is 0 Å². The van der Waals surface area contributed by atoms with Gasteiger partial charge in [-0.1, -0.05) is 17.8 Å². The van der Waals surface area contributed by atoms with Gasteiger partial charge in [0.15, 0.2) is 16.7 Å². The zero-order valence-electron chi connectivity index (χ0n) is 15.1. The molecule has 0 saturated carbocycles. The standard InChI is InChI=1S/C17H24N4O3S/c1-11(2)21-10-19-20-17(21)25-12(3)16(22)18-9-13-6-7-14(23-4)15(8-13)24-5/h6-8,10-12H,9H2,1-5H3,(H,18,22)/t12-/m0/s1. The largest absolute Gasteiger partial charge is 0.493 e. The molecule has 1 atom stereocenters. The fraction of sp³-hybridized carbons (Fsp3) is 0.471. The highest BCUT2D eigenvalue weighted by molar-refractivity contribution is 8.00. The highest BCUT2D eigenvalue weighted by Gasteiger charge is 2.18. The molecule has 1 amide bonds. The number of methoxy groups -OCH3 is 2. The minimum Gasteiger partial charge on any atom is -0.493 e. The molecule has 8 heteroatoms. The number of rotatable bonds is 8. The van der Waals surface area contributed by atoms with Gasteiger partial charge in [-0.3, -0.25) is 4.79 Å². The van der Waals surface area contributed by atoms with Crippen molar-refractivity contribution in [3.8, 4) is 11.5 Å². The van der Waals surface area contributed by atoms with Crippen molar-refractivity contribution in [2.45, 2.75) is 43.8 Å². The monoisotopic (exact) mass is 364 g/mol. The zero-order valence-corrected chi connectivity index (χ0v) is 16.0. The summed E-state index contributed by atoms with van der Waals surface area (Å²) in [5.74, 6) is 1.24. The summed E-state index contributed by atoms with van der Waals surface area (Å²) in [6.45, 7) is 6.37. The Morgan fingerprint density at radius 2 is 1.96 bits per heavy atom. The molecule has 0 aliphatic rings. The van der Waals surface area contributed by atoms with Crippen LogP contribution in [0.5, 0.6) is 11.5 Å². The van der Waals surface area contributed by atoms with Crippen LogP contribution in [-0.2, 0) is 11.3 Å². The number of nitrogens with zero attached hydrogens (tertiary/aromatic N) is 3. The summed E-state index contributed by atoms with van der Waals surface area (Å²) in [7, 11) is 3.18. The normalized spacial score (nSPS) is 12.1. The molecule has 0 saturated heterocycles. The lowest BCUT2D eigenvalue weighted by molar-refractivity contribution is -0.120. The van der Waals surface area contributed by atoms with Crippen LogP contribution in [0.25, 0.3) is 0 Å². The van der Waals surface area contributed by atoms with Gasteiger partial charge in [0.1, 0.15) is 6.33 Å². The molecule has 1 heterocycles. The van der Waals surface area contributed by atoms with Crippen molar-refractivity contribution >= 4 is 17.7 Å². The molecule has 0 fully saturated rings. The molecule has 2 aromatic rings. The lowest BCUT2D eigenvalue weighted by Gasteiger charge is -2.14. The van der Waals surface area contributed by atoms with Gasteiger partial charge in [-0.25, -0.2) is 0 Å². The number of hydrogen-bond donors (Lipinski definition) is 1. The average Bonchev–Trinajstić information content (AvgIpc) is 3.07. The van der Waals surface area contributed by atoms with E-state index in [0.717, 1.165) is 10.7 Å². The third-order valence-electron chi connectivity index (χ3n) is 3.66. The number of thioether (sulfide) groups is 1. The second-order valence-corrected chi connectivity index (χ2v) is 7.09. The van der Waals surface area contributed by atoms with Crippen LogP contribution in [0.1, 0.15) is 32.4 Å². The number of hydrogen-bond acceptors (Lipinski definition) is 6. The highest BCUT2D eigenvalue weighted by Crippen LogP contribution is 2.27. The predicted octanol–water partition coefficient (Wildman–Crippen LogP) is 2.67. The Kier molecular flexibility index (Phi) is 6.69. The van der Waals surface area contributed by atoms with E-state index < -0.39 is 0 Å². The van der Waals surface area contributed by atoms with E-state index >= 15 is 0 Å². The highest BCUT2D eigenvalue weighted by atomic mass is 32.2. The molecular weight excluding hydrogens is 340 g/mol. The lowest BCUT2D eigenvalue weighted by Crippen LogP contribution is -2.30. The first-order chi connectivity index (χ1) is 12.0. The molecule has 0 aliphatic carbocycles. The molecule has 0 radical (unpaired) electrons. The Bertz CT molecular complexity index is 718. The van der Waals surface area contributed by atoms with Gasteiger partial charge < -0.3 is 19.4 Å².